The highest BCUT2D eigenvalue weighted by atomic mass is 32.1. The van der Waals surface area contributed by atoms with E-state index >= 15 is 0 Å². The summed E-state index contributed by atoms with van der Waals surface area (Å²) >= 11 is 5.12. The topological polar surface area (TPSA) is 24.1 Å². The van der Waals surface area contributed by atoms with Crippen molar-refractivity contribution in [2.75, 3.05) is 13.1 Å². The number of nitrogens with one attached hydrogen (secondary N) is 2. The van der Waals surface area contributed by atoms with Crippen LogP contribution in [0.4, 0.5) is 0 Å². The van der Waals surface area contributed by atoms with Gasteiger partial charge in [-0.1, -0.05) is 34.1 Å². The van der Waals surface area contributed by atoms with Gasteiger partial charge in [-0.2, -0.15) is 0 Å². The minimum atomic E-state index is 0.642. The van der Waals surface area contributed by atoms with E-state index in [1.165, 1.54) is 6.42 Å². The van der Waals surface area contributed by atoms with Gasteiger partial charge in [0.2, 0.25) is 0 Å². The molecule has 0 saturated heterocycles. The fraction of sp³-hybridized carbons (Fsp3) is 0.900. The third-order valence-electron chi connectivity index (χ3n) is 1.98. The molecular weight excluding hydrogens is 180 g/mol. The van der Waals surface area contributed by atoms with Gasteiger partial charge < -0.3 is 10.6 Å². The molecule has 0 aliphatic rings. The molecule has 0 saturated carbocycles. The lowest BCUT2D eigenvalue weighted by atomic mass is 10.1. The molecule has 0 aromatic rings. The molecule has 2 nitrogen and oxygen atoms in total. The van der Waals surface area contributed by atoms with Gasteiger partial charge in [-0.3, -0.25) is 0 Å². The van der Waals surface area contributed by atoms with E-state index in [0.717, 1.165) is 18.2 Å². The molecule has 1 unspecified atom stereocenters. The van der Waals surface area contributed by atoms with E-state index in [1.54, 1.807) is 0 Å². The molecule has 0 rings (SSSR count). The van der Waals surface area contributed by atoms with Gasteiger partial charge in [0.1, 0.15) is 0 Å². The Hall–Kier alpha value is -0.310. The molecule has 2 N–H and O–H groups in total. The summed E-state index contributed by atoms with van der Waals surface area (Å²) in [5.41, 5.74) is 0. The molecule has 0 aromatic carbocycles. The molecule has 0 fully saturated rings. The summed E-state index contributed by atoms with van der Waals surface area (Å²) in [4.78, 5) is 0. The lowest BCUT2D eigenvalue weighted by molar-refractivity contribution is 0.542. The summed E-state index contributed by atoms with van der Waals surface area (Å²) < 4.78 is 0. The molecule has 13 heavy (non-hydrogen) atoms. The summed E-state index contributed by atoms with van der Waals surface area (Å²) in [6.45, 7) is 10.7. The SMILES string of the molecule is CCC(C)CNC(=S)NCC(C)C. The van der Waals surface area contributed by atoms with E-state index in [0.29, 0.717) is 11.8 Å². The predicted molar refractivity (Wildman–Crippen MR) is 62.9 cm³/mol. The Morgan fingerprint density at radius 1 is 1.15 bits per heavy atom. The van der Waals surface area contributed by atoms with E-state index < -0.39 is 0 Å². The summed E-state index contributed by atoms with van der Waals surface area (Å²) in [5.74, 6) is 1.34. The lowest BCUT2D eigenvalue weighted by Crippen LogP contribution is -2.39. The zero-order valence-electron chi connectivity index (χ0n) is 9.18. The predicted octanol–water partition coefficient (Wildman–Crippen LogP) is 2.15. The van der Waals surface area contributed by atoms with Gasteiger partial charge in [-0.25, -0.2) is 0 Å². The van der Waals surface area contributed by atoms with Crippen LogP contribution in [0.1, 0.15) is 34.1 Å². The maximum Gasteiger partial charge on any atom is 0.166 e. The fourth-order valence-corrected chi connectivity index (χ4v) is 0.937. The van der Waals surface area contributed by atoms with Crippen molar-refractivity contribution < 1.29 is 0 Å². The first-order valence-corrected chi connectivity index (χ1v) is 5.48. The first-order chi connectivity index (χ1) is 6.06. The van der Waals surface area contributed by atoms with Crippen LogP contribution in [0.5, 0.6) is 0 Å². The largest absolute Gasteiger partial charge is 0.362 e. The van der Waals surface area contributed by atoms with Crippen molar-refractivity contribution in [3.63, 3.8) is 0 Å². The van der Waals surface area contributed by atoms with Crippen molar-refractivity contribution in [1.82, 2.24) is 10.6 Å². The van der Waals surface area contributed by atoms with Gasteiger partial charge >= 0.3 is 0 Å². The van der Waals surface area contributed by atoms with Gasteiger partial charge in [-0.15, -0.1) is 0 Å². The van der Waals surface area contributed by atoms with Crippen LogP contribution in [0.2, 0.25) is 0 Å². The Morgan fingerprint density at radius 3 is 2.15 bits per heavy atom. The molecule has 0 radical (unpaired) electrons. The Labute approximate surface area is 87.5 Å². The van der Waals surface area contributed by atoms with Gasteiger partial charge in [0, 0.05) is 13.1 Å². The van der Waals surface area contributed by atoms with Gasteiger partial charge in [0.25, 0.3) is 0 Å². The number of hydrogen-bond donors (Lipinski definition) is 2. The average Bonchev–Trinajstić information content (AvgIpc) is 2.10. The van der Waals surface area contributed by atoms with Crippen molar-refractivity contribution in [3.05, 3.63) is 0 Å². The van der Waals surface area contributed by atoms with Crippen molar-refractivity contribution >= 4 is 17.3 Å². The Kier molecular flexibility index (Phi) is 6.96. The molecule has 0 aliphatic carbocycles. The Balaban J connectivity index is 3.40. The van der Waals surface area contributed by atoms with Crippen LogP contribution in [0, 0.1) is 11.8 Å². The van der Waals surface area contributed by atoms with E-state index in [9.17, 15) is 0 Å². The molecule has 0 bridgehead atoms. The van der Waals surface area contributed by atoms with Crippen molar-refractivity contribution in [2.45, 2.75) is 34.1 Å². The normalized spacial score (nSPS) is 12.7. The summed E-state index contributed by atoms with van der Waals surface area (Å²) in [7, 11) is 0. The number of rotatable bonds is 5. The minimum absolute atomic E-state index is 0.642. The molecule has 78 valence electrons. The van der Waals surface area contributed by atoms with Crippen LogP contribution in [-0.2, 0) is 0 Å². The van der Waals surface area contributed by atoms with E-state index in [4.69, 9.17) is 12.2 Å². The fourth-order valence-electron chi connectivity index (χ4n) is 0.771. The highest BCUT2D eigenvalue weighted by Gasteiger charge is 2.00. The second-order valence-electron chi connectivity index (χ2n) is 4.00. The highest BCUT2D eigenvalue weighted by molar-refractivity contribution is 7.80. The molecule has 0 aromatic heterocycles. The zero-order valence-corrected chi connectivity index (χ0v) is 10.0. The third kappa shape index (κ3) is 8.03. The van der Waals surface area contributed by atoms with Gasteiger partial charge in [-0.05, 0) is 24.1 Å². The van der Waals surface area contributed by atoms with Gasteiger partial charge in [0.15, 0.2) is 5.11 Å². The van der Waals surface area contributed by atoms with Crippen molar-refractivity contribution in [1.29, 1.82) is 0 Å². The van der Waals surface area contributed by atoms with Crippen LogP contribution in [0.3, 0.4) is 0 Å². The number of thiocarbonyl (C=S) groups is 1. The summed E-state index contributed by atoms with van der Waals surface area (Å²) in [6.07, 6.45) is 1.19. The van der Waals surface area contributed by atoms with E-state index in [2.05, 4.69) is 38.3 Å². The Morgan fingerprint density at radius 2 is 1.69 bits per heavy atom. The van der Waals surface area contributed by atoms with Crippen LogP contribution >= 0.6 is 12.2 Å². The molecule has 0 heterocycles. The van der Waals surface area contributed by atoms with Crippen LogP contribution in [-0.4, -0.2) is 18.2 Å². The smallest absolute Gasteiger partial charge is 0.166 e. The van der Waals surface area contributed by atoms with E-state index in [-0.39, 0.29) is 0 Å². The second kappa shape index (κ2) is 7.13. The molecule has 3 heteroatoms. The molecule has 0 amide bonds. The maximum absolute atomic E-state index is 5.12. The standard InChI is InChI=1S/C10H22N2S/c1-5-9(4)7-12-10(13)11-6-8(2)3/h8-9H,5-7H2,1-4H3,(H2,11,12,13). The van der Waals surface area contributed by atoms with Crippen molar-refractivity contribution in [3.8, 4) is 0 Å². The van der Waals surface area contributed by atoms with Crippen LogP contribution < -0.4 is 10.6 Å². The average molecular weight is 202 g/mol. The van der Waals surface area contributed by atoms with Gasteiger partial charge in [0.05, 0.1) is 0 Å². The lowest BCUT2D eigenvalue weighted by Gasteiger charge is -2.14. The summed E-state index contributed by atoms with van der Waals surface area (Å²) in [6, 6.07) is 0. The first-order valence-electron chi connectivity index (χ1n) is 5.08. The Bertz CT molecular complexity index is 146. The molecular formula is C10H22N2S. The molecule has 1 atom stereocenters. The second-order valence-corrected chi connectivity index (χ2v) is 4.41. The quantitative estimate of drug-likeness (QED) is 0.668. The van der Waals surface area contributed by atoms with E-state index in [1.807, 2.05) is 0 Å². The molecule has 0 aliphatic heterocycles. The maximum atomic E-state index is 5.12. The minimum Gasteiger partial charge on any atom is -0.362 e. The molecule has 0 spiro atoms. The number of hydrogen-bond acceptors (Lipinski definition) is 1. The van der Waals surface area contributed by atoms with Crippen LogP contribution in [0.25, 0.3) is 0 Å². The summed E-state index contributed by atoms with van der Waals surface area (Å²) in [5, 5.41) is 7.18. The zero-order chi connectivity index (χ0) is 10.3. The highest BCUT2D eigenvalue weighted by Crippen LogP contribution is 1.96. The third-order valence-corrected chi connectivity index (χ3v) is 2.27. The first kappa shape index (κ1) is 12.7. The monoisotopic (exact) mass is 202 g/mol. The van der Waals surface area contributed by atoms with Crippen LogP contribution in [0.15, 0.2) is 0 Å². The van der Waals surface area contributed by atoms with Crippen molar-refractivity contribution in [2.24, 2.45) is 11.8 Å².